The van der Waals surface area contributed by atoms with Crippen molar-refractivity contribution in [1.29, 1.82) is 0 Å². The number of nitrogens with one attached hydrogen (secondary N) is 1. The highest BCUT2D eigenvalue weighted by Crippen LogP contribution is 2.50. The number of carbonyl (C=O) groups is 1. The van der Waals surface area contributed by atoms with Gasteiger partial charge >= 0.3 is 0 Å². The van der Waals surface area contributed by atoms with E-state index in [9.17, 15) is 4.79 Å². The quantitative estimate of drug-likeness (QED) is 0.755. The van der Waals surface area contributed by atoms with Crippen molar-refractivity contribution in [3.8, 4) is 0 Å². The molecule has 1 aliphatic carbocycles. The number of rotatable bonds is 7. The van der Waals surface area contributed by atoms with Crippen LogP contribution in [-0.4, -0.2) is 29.7 Å². The fourth-order valence-corrected chi connectivity index (χ4v) is 3.19. The zero-order valence-electron chi connectivity index (χ0n) is 14.0. The van der Waals surface area contributed by atoms with Gasteiger partial charge in [-0.05, 0) is 26.2 Å². The number of ether oxygens (including phenoxy) is 1. The molecular weight excluding hydrogens is 252 g/mol. The van der Waals surface area contributed by atoms with Crippen LogP contribution >= 0.6 is 0 Å². The minimum atomic E-state index is -0.822. The molecule has 0 heterocycles. The van der Waals surface area contributed by atoms with Crippen LogP contribution in [0.1, 0.15) is 67.2 Å². The molecule has 20 heavy (non-hydrogen) atoms. The summed E-state index contributed by atoms with van der Waals surface area (Å²) in [6, 6.07) is 0. The van der Waals surface area contributed by atoms with Gasteiger partial charge in [-0.2, -0.15) is 0 Å². The van der Waals surface area contributed by atoms with Gasteiger partial charge in [-0.1, -0.05) is 34.6 Å². The molecule has 1 fully saturated rings. The lowest BCUT2D eigenvalue weighted by molar-refractivity contribution is -0.172. The third-order valence-corrected chi connectivity index (χ3v) is 5.64. The predicted octanol–water partition coefficient (Wildman–Crippen LogP) is 2.60. The van der Waals surface area contributed by atoms with Gasteiger partial charge in [0, 0.05) is 24.0 Å². The average Bonchev–Trinajstić information content (AvgIpc) is 2.44. The van der Waals surface area contributed by atoms with E-state index in [0.717, 1.165) is 19.3 Å². The molecule has 4 heteroatoms. The summed E-state index contributed by atoms with van der Waals surface area (Å²) in [6.45, 7) is 13.0. The van der Waals surface area contributed by atoms with Gasteiger partial charge in [0.25, 0.3) is 0 Å². The standard InChI is InChI=1S/C16H32N2O2/c1-7-15(8-2,9-3)18-13(19)16(17)11-12(20-10-4)14(16,5)6/h12H,7-11,17H2,1-6H3,(H,18,19). The average molecular weight is 284 g/mol. The Bertz CT molecular complexity index is 342. The Morgan fingerprint density at radius 2 is 1.75 bits per heavy atom. The van der Waals surface area contributed by atoms with E-state index in [0.29, 0.717) is 13.0 Å². The van der Waals surface area contributed by atoms with E-state index in [4.69, 9.17) is 10.5 Å². The molecule has 4 nitrogen and oxygen atoms in total. The minimum absolute atomic E-state index is 0.0241. The SMILES string of the molecule is CCOC1CC(N)(C(=O)NC(CC)(CC)CC)C1(C)C. The molecule has 0 radical (unpaired) electrons. The molecule has 0 spiro atoms. The van der Waals surface area contributed by atoms with Crippen molar-refractivity contribution in [2.45, 2.75) is 84.4 Å². The highest BCUT2D eigenvalue weighted by molar-refractivity contribution is 5.89. The minimum Gasteiger partial charge on any atom is -0.378 e. The van der Waals surface area contributed by atoms with Crippen LogP contribution in [0, 0.1) is 5.41 Å². The fourth-order valence-electron chi connectivity index (χ4n) is 3.19. The van der Waals surface area contributed by atoms with Crippen molar-refractivity contribution in [3.05, 3.63) is 0 Å². The molecule has 1 amide bonds. The van der Waals surface area contributed by atoms with Crippen molar-refractivity contribution in [1.82, 2.24) is 5.32 Å². The van der Waals surface area contributed by atoms with Crippen LogP contribution in [0.2, 0.25) is 0 Å². The van der Waals surface area contributed by atoms with Gasteiger partial charge in [-0.25, -0.2) is 0 Å². The van der Waals surface area contributed by atoms with E-state index in [1.54, 1.807) is 0 Å². The first kappa shape index (κ1) is 17.4. The van der Waals surface area contributed by atoms with E-state index >= 15 is 0 Å². The first-order valence-corrected chi connectivity index (χ1v) is 7.96. The summed E-state index contributed by atoms with van der Waals surface area (Å²) in [5.74, 6) is -0.0241. The normalized spacial score (nSPS) is 28.9. The molecule has 0 aromatic heterocycles. The lowest BCUT2D eigenvalue weighted by Gasteiger charge is -2.58. The van der Waals surface area contributed by atoms with Crippen molar-refractivity contribution in [2.24, 2.45) is 11.1 Å². The summed E-state index contributed by atoms with van der Waals surface area (Å²) in [7, 11) is 0. The summed E-state index contributed by atoms with van der Waals surface area (Å²) < 4.78 is 5.69. The third kappa shape index (κ3) is 2.60. The van der Waals surface area contributed by atoms with Crippen LogP contribution < -0.4 is 11.1 Å². The third-order valence-electron chi connectivity index (χ3n) is 5.64. The Hall–Kier alpha value is -0.610. The molecule has 1 aliphatic rings. The van der Waals surface area contributed by atoms with Crippen LogP contribution in [-0.2, 0) is 9.53 Å². The number of hydrogen-bond acceptors (Lipinski definition) is 3. The lowest BCUT2D eigenvalue weighted by Crippen LogP contribution is -2.77. The number of nitrogens with two attached hydrogens (primary N) is 1. The number of carbonyl (C=O) groups excluding carboxylic acids is 1. The molecule has 0 saturated heterocycles. The maximum atomic E-state index is 12.7. The zero-order valence-corrected chi connectivity index (χ0v) is 14.0. The smallest absolute Gasteiger partial charge is 0.241 e. The number of amides is 1. The molecular formula is C16H32N2O2. The topological polar surface area (TPSA) is 64.3 Å². The molecule has 1 rings (SSSR count). The molecule has 2 unspecified atom stereocenters. The Kier molecular flexibility index (Phi) is 5.25. The van der Waals surface area contributed by atoms with E-state index in [-0.39, 0.29) is 23.0 Å². The summed E-state index contributed by atoms with van der Waals surface area (Å²) in [6.07, 6.45) is 3.46. The largest absolute Gasteiger partial charge is 0.378 e. The van der Waals surface area contributed by atoms with Gasteiger partial charge in [0.2, 0.25) is 5.91 Å². The molecule has 0 aromatic carbocycles. The monoisotopic (exact) mass is 284 g/mol. The molecule has 118 valence electrons. The Morgan fingerprint density at radius 1 is 1.25 bits per heavy atom. The zero-order chi connectivity index (χ0) is 15.6. The molecule has 0 aliphatic heterocycles. The summed E-state index contributed by atoms with van der Waals surface area (Å²) in [4.78, 5) is 12.7. The highest BCUT2D eigenvalue weighted by Gasteiger charge is 2.63. The molecule has 1 saturated carbocycles. The van der Waals surface area contributed by atoms with Crippen LogP contribution in [0.5, 0.6) is 0 Å². The second-order valence-corrected chi connectivity index (χ2v) is 6.64. The van der Waals surface area contributed by atoms with Gasteiger partial charge in [-0.3, -0.25) is 4.79 Å². The second kappa shape index (κ2) is 6.02. The van der Waals surface area contributed by atoms with Crippen LogP contribution in [0.3, 0.4) is 0 Å². The first-order chi connectivity index (χ1) is 9.23. The summed E-state index contributed by atoms with van der Waals surface area (Å²) in [5, 5.41) is 3.22. The number of hydrogen-bond donors (Lipinski definition) is 2. The molecule has 0 bridgehead atoms. The van der Waals surface area contributed by atoms with Crippen molar-refractivity contribution < 1.29 is 9.53 Å². The summed E-state index contributed by atoms with van der Waals surface area (Å²) >= 11 is 0. The Morgan fingerprint density at radius 3 is 2.10 bits per heavy atom. The Labute approximate surface area is 123 Å². The van der Waals surface area contributed by atoms with Gasteiger partial charge < -0.3 is 15.8 Å². The molecule has 2 atom stereocenters. The van der Waals surface area contributed by atoms with Crippen molar-refractivity contribution in [2.75, 3.05) is 6.61 Å². The van der Waals surface area contributed by atoms with Gasteiger partial charge in [0.15, 0.2) is 0 Å². The maximum Gasteiger partial charge on any atom is 0.241 e. The van der Waals surface area contributed by atoms with Crippen LogP contribution in [0.4, 0.5) is 0 Å². The maximum absolute atomic E-state index is 12.7. The molecule has 3 N–H and O–H groups in total. The fraction of sp³-hybridized carbons (Fsp3) is 0.938. The van der Waals surface area contributed by atoms with E-state index < -0.39 is 5.54 Å². The molecule has 0 aromatic rings. The lowest BCUT2D eigenvalue weighted by atomic mass is 9.54. The summed E-state index contributed by atoms with van der Waals surface area (Å²) in [5.41, 5.74) is 5.15. The predicted molar refractivity (Wildman–Crippen MR) is 82.5 cm³/mol. The van der Waals surface area contributed by atoms with Crippen molar-refractivity contribution >= 4 is 5.91 Å². The van der Waals surface area contributed by atoms with Gasteiger partial charge in [0.05, 0.1) is 6.10 Å². The van der Waals surface area contributed by atoms with E-state index in [1.807, 2.05) is 20.8 Å². The van der Waals surface area contributed by atoms with E-state index in [1.165, 1.54) is 0 Å². The van der Waals surface area contributed by atoms with Crippen LogP contribution in [0.15, 0.2) is 0 Å². The van der Waals surface area contributed by atoms with Gasteiger partial charge in [0.1, 0.15) is 5.54 Å². The van der Waals surface area contributed by atoms with Crippen LogP contribution in [0.25, 0.3) is 0 Å². The highest BCUT2D eigenvalue weighted by atomic mass is 16.5. The van der Waals surface area contributed by atoms with Crippen molar-refractivity contribution in [3.63, 3.8) is 0 Å². The first-order valence-electron chi connectivity index (χ1n) is 7.96. The second-order valence-electron chi connectivity index (χ2n) is 6.64. The van der Waals surface area contributed by atoms with Gasteiger partial charge in [-0.15, -0.1) is 0 Å². The van der Waals surface area contributed by atoms with E-state index in [2.05, 4.69) is 26.1 Å². The Balaban J connectivity index is 2.83.